The number of phenolic OH excluding ortho intramolecular Hbond substituents is 5. The molecule has 0 bridgehead atoms. The monoisotopic (exact) mass is 318 g/mol. The number of benzene rings is 2. The number of carbonyl (C=O) groups excluding carboxylic acids is 2. The van der Waals surface area contributed by atoms with Gasteiger partial charge in [0.25, 0.3) is 0 Å². The summed E-state index contributed by atoms with van der Waals surface area (Å²) in [5.41, 5.74) is -0.457. The van der Waals surface area contributed by atoms with Gasteiger partial charge < -0.3 is 30.3 Å². The lowest BCUT2D eigenvalue weighted by Gasteiger charge is -2.25. The number of phenols is 5. The van der Waals surface area contributed by atoms with E-state index in [2.05, 4.69) is 0 Å². The van der Waals surface area contributed by atoms with Crippen molar-refractivity contribution in [1.29, 1.82) is 0 Å². The summed E-state index contributed by atoms with van der Waals surface area (Å²) in [6, 6.07) is 4.33. The molecule has 0 saturated carbocycles. The smallest absolute Gasteiger partial charge is 0.248 e. The van der Waals surface area contributed by atoms with E-state index in [0.717, 1.165) is 18.2 Å². The van der Waals surface area contributed by atoms with Crippen LogP contribution in [0.5, 0.6) is 34.5 Å². The summed E-state index contributed by atoms with van der Waals surface area (Å²) < 4.78 is 5.32. The predicted molar refractivity (Wildman–Crippen MR) is 73.9 cm³/mol. The maximum Gasteiger partial charge on any atom is 0.248 e. The number of hydrogen-bond donors (Lipinski definition) is 5. The van der Waals surface area contributed by atoms with Crippen LogP contribution in [0.3, 0.4) is 0 Å². The van der Waals surface area contributed by atoms with Crippen LogP contribution in [0, 0.1) is 0 Å². The van der Waals surface area contributed by atoms with Gasteiger partial charge in [-0.25, -0.2) is 0 Å². The first-order valence-corrected chi connectivity index (χ1v) is 6.36. The number of ether oxygens (including phenoxy) is 1. The van der Waals surface area contributed by atoms with Crippen molar-refractivity contribution in [3.63, 3.8) is 0 Å². The molecule has 8 nitrogen and oxygen atoms in total. The Balaban J connectivity index is 2.13. The molecule has 0 spiro atoms. The number of fused-ring (bicyclic) bond motifs is 1. The maximum absolute atomic E-state index is 12.2. The summed E-state index contributed by atoms with van der Waals surface area (Å²) >= 11 is 0. The van der Waals surface area contributed by atoms with E-state index in [0.29, 0.717) is 0 Å². The number of aromatic hydroxyl groups is 5. The number of ketones is 2. The molecule has 2 aromatic carbocycles. The van der Waals surface area contributed by atoms with E-state index in [1.807, 2.05) is 0 Å². The third kappa shape index (κ3) is 2.08. The molecule has 0 aromatic heterocycles. The van der Waals surface area contributed by atoms with Crippen molar-refractivity contribution >= 4 is 11.6 Å². The first-order valence-electron chi connectivity index (χ1n) is 6.36. The van der Waals surface area contributed by atoms with Crippen LogP contribution >= 0.6 is 0 Å². The third-order valence-corrected chi connectivity index (χ3v) is 3.45. The maximum atomic E-state index is 12.2. The Kier molecular flexibility index (Phi) is 3.03. The third-order valence-electron chi connectivity index (χ3n) is 3.45. The second-order valence-electron chi connectivity index (χ2n) is 4.91. The molecular weight excluding hydrogens is 308 g/mol. The minimum atomic E-state index is -1.43. The molecule has 0 aliphatic carbocycles. The van der Waals surface area contributed by atoms with Gasteiger partial charge in [-0.3, -0.25) is 9.59 Å². The summed E-state index contributed by atoms with van der Waals surface area (Å²) in [5.74, 6) is -5.98. The van der Waals surface area contributed by atoms with Crippen LogP contribution in [0.1, 0.15) is 22.0 Å². The van der Waals surface area contributed by atoms with Gasteiger partial charge in [0, 0.05) is 11.6 Å². The number of hydrogen-bond acceptors (Lipinski definition) is 8. The molecule has 0 fully saturated rings. The molecule has 118 valence electrons. The Labute approximate surface area is 128 Å². The first-order chi connectivity index (χ1) is 10.8. The molecule has 23 heavy (non-hydrogen) atoms. The average molecular weight is 318 g/mol. The highest BCUT2D eigenvalue weighted by atomic mass is 16.5. The van der Waals surface area contributed by atoms with Gasteiger partial charge in [-0.05, 0) is 12.1 Å². The van der Waals surface area contributed by atoms with Crippen LogP contribution in [-0.4, -0.2) is 37.1 Å². The number of rotatable bonds is 1. The fourth-order valence-corrected chi connectivity index (χ4v) is 2.28. The molecule has 1 unspecified atom stereocenters. The fourth-order valence-electron chi connectivity index (χ4n) is 2.28. The molecule has 0 amide bonds. The molecule has 1 heterocycles. The predicted octanol–water partition coefficient (Wildman–Crippen LogP) is 1.10. The van der Waals surface area contributed by atoms with Crippen LogP contribution < -0.4 is 4.74 Å². The lowest BCUT2D eigenvalue weighted by molar-refractivity contribution is -0.122. The van der Waals surface area contributed by atoms with Crippen molar-refractivity contribution in [2.45, 2.75) is 6.10 Å². The minimum Gasteiger partial charge on any atom is -0.504 e. The highest BCUT2D eigenvalue weighted by molar-refractivity contribution is 6.47. The second kappa shape index (κ2) is 4.80. The Morgan fingerprint density at radius 3 is 2.17 bits per heavy atom. The number of Topliss-reactive ketones (excluding diaryl/α,β-unsaturated/α-hetero) is 2. The van der Waals surface area contributed by atoms with Crippen LogP contribution in [0.15, 0.2) is 24.3 Å². The Bertz CT molecular complexity index is 855. The molecule has 1 atom stereocenters. The topological polar surface area (TPSA) is 145 Å². The van der Waals surface area contributed by atoms with E-state index in [4.69, 9.17) is 4.74 Å². The van der Waals surface area contributed by atoms with Crippen molar-refractivity contribution < 1.29 is 39.9 Å². The van der Waals surface area contributed by atoms with Crippen LogP contribution in [0.4, 0.5) is 0 Å². The molecule has 0 saturated heterocycles. The van der Waals surface area contributed by atoms with E-state index in [-0.39, 0.29) is 11.3 Å². The minimum absolute atomic E-state index is 0.0938. The van der Waals surface area contributed by atoms with Crippen LogP contribution in [-0.2, 0) is 4.79 Å². The summed E-state index contributed by atoms with van der Waals surface area (Å²) in [4.78, 5) is 24.3. The molecule has 8 heteroatoms. The van der Waals surface area contributed by atoms with E-state index in [9.17, 15) is 35.1 Å². The first kappa shape index (κ1) is 14.5. The van der Waals surface area contributed by atoms with Gasteiger partial charge in [-0.2, -0.15) is 0 Å². The Morgan fingerprint density at radius 2 is 1.52 bits per heavy atom. The standard InChI is InChI=1S/C15H10O8/c16-6-2-1-5(3-7(6)17)15-14(22)13(21)10-9(23-15)4-8(18)11(19)12(10)20/h1-4,15-20H. The Morgan fingerprint density at radius 1 is 0.826 bits per heavy atom. The zero-order valence-electron chi connectivity index (χ0n) is 11.3. The van der Waals surface area contributed by atoms with Crippen molar-refractivity contribution in [2.24, 2.45) is 0 Å². The normalized spacial score (nSPS) is 16.8. The van der Waals surface area contributed by atoms with E-state index in [1.54, 1.807) is 0 Å². The zero-order valence-corrected chi connectivity index (χ0v) is 11.3. The zero-order chi connectivity index (χ0) is 16.9. The molecule has 1 aliphatic rings. The van der Waals surface area contributed by atoms with Crippen molar-refractivity contribution in [3.05, 3.63) is 35.4 Å². The lowest BCUT2D eigenvalue weighted by Crippen LogP contribution is -2.31. The van der Waals surface area contributed by atoms with Crippen LogP contribution in [0.2, 0.25) is 0 Å². The van der Waals surface area contributed by atoms with Gasteiger partial charge in [-0.1, -0.05) is 6.07 Å². The largest absolute Gasteiger partial charge is 0.504 e. The lowest BCUT2D eigenvalue weighted by atomic mass is 9.93. The fraction of sp³-hybridized carbons (Fsp3) is 0.0667. The van der Waals surface area contributed by atoms with Crippen molar-refractivity contribution in [2.75, 3.05) is 0 Å². The van der Waals surface area contributed by atoms with Gasteiger partial charge in [0.15, 0.2) is 29.1 Å². The average Bonchev–Trinajstić information content (AvgIpc) is 2.51. The molecule has 2 aromatic rings. The Hall–Kier alpha value is -3.42. The van der Waals surface area contributed by atoms with Crippen molar-refractivity contribution in [1.82, 2.24) is 0 Å². The van der Waals surface area contributed by atoms with E-state index >= 15 is 0 Å². The van der Waals surface area contributed by atoms with Gasteiger partial charge in [0.2, 0.25) is 17.3 Å². The number of carbonyl (C=O) groups is 2. The van der Waals surface area contributed by atoms with Gasteiger partial charge in [0.1, 0.15) is 11.3 Å². The van der Waals surface area contributed by atoms with Crippen molar-refractivity contribution in [3.8, 4) is 34.5 Å². The van der Waals surface area contributed by atoms with Gasteiger partial charge in [-0.15, -0.1) is 0 Å². The molecule has 3 rings (SSSR count). The van der Waals surface area contributed by atoms with Gasteiger partial charge in [0.05, 0.1) is 0 Å². The van der Waals surface area contributed by atoms with E-state index < -0.39 is 52.0 Å². The molecular formula is C15H10O8. The quantitative estimate of drug-likeness (QED) is 0.388. The summed E-state index contributed by atoms with van der Waals surface area (Å²) in [5, 5.41) is 47.4. The molecule has 0 radical (unpaired) electrons. The summed E-state index contributed by atoms with van der Waals surface area (Å²) in [7, 11) is 0. The SMILES string of the molecule is O=C1C(=O)C(c2ccc(O)c(O)c2)Oc2cc(O)c(O)c(O)c21. The van der Waals surface area contributed by atoms with Crippen LogP contribution in [0.25, 0.3) is 0 Å². The van der Waals surface area contributed by atoms with E-state index in [1.165, 1.54) is 6.07 Å². The highest BCUT2D eigenvalue weighted by Crippen LogP contribution is 2.47. The molecule has 5 N–H and O–H groups in total. The molecule has 1 aliphatic heterocycles. The highest BCUT2D eigenvalue weighted by Gasteiger charge is 2.40. The van der Waals surface area contributed by atoms with Gasteiger partial charge >= 0.3 is 0 Å². The summed E-state index contributed by atoms with van der Waals surface area (Å²) in [6.07, 6.45) is -1.43. The summed E-state index contributed by atoms with van der Waals surface area (Å²) in [6.45, 7) is 0. The second-order valence-corrected chi connectivity index (χ2v) is 4.91.